The van der Waals surface area contributed by atoms with E-state index in [2.05, 4.69) is 216 Å². The van der Waals surface area contributed by atoms with Gasteiger partial charge in [0.05, 0.1) is 22.7 Å². The SMILES string of the molecule is c1ccc(N2c3ccccc3Oc3cc(-c4ccc(-c5c6ccccc6c(-c6ccc(-c7ccc8c(c7)Oc7ccccc7N8c7ccccc7)cc6)c6ccccc56)cc4)ccc32)cc1. The number of para-hydroxylation sites is 6. The molecule has 0 saturated carbocycles. The fourth-order valence-electron chi connectivity index (χ4n) is 9.99. The average molecular weight is 845 g/mol. The summed E-state index contributed by atoms with van der Waals surface area (Å²) < 4.78 is 13.1. The first-order valence-electron chi connectivity index (χ1n) is 22.4. The van der Waals surface area contributed by atoms with Crippen LogP contribution in [0.4, 0.5) is 34.1 Å². The second-order valence-corrected chi connectivity index (χ2v) is 16.8. The van der Waals surface area contributed by atoms with Gasteiger partial charge >= 0.3 is 0 Å². The van der Waals surface area contributed by atoms with E-state index < -0.39 is 0 Å². The first-order chi connectivity index (χ1) is 32.7. The van der Waals surface area contributed by atoms with E-state index in [1.807, 2.05) is 36.4 Å². The summed E-state index contributed by atoms with van der Waals surface area (Å²) in [6.45, 7) is 0. The molecule has 2 aliphatic rings. The first-order valence-corrected chi connectivity index (χ1v) is 22.4. The summed E-state index contributed by atoms with van der Waals surface area (Å²) in [7, 11) is 0. The molecule has 4 nitrogen and oxygen atoms in total. The Hall–Kier alpha value is -8.86. The lowest BCUT2D eigenvalue weighted by Crippen LogP contribution is -2.15. The molecule has 0 aromatic heterocycles. The first kappa shape index (κ1) is 37.7. The van der Waals surface area contributed by atoms with Crippen LogP contribution in [0.2, 0.25) is 0 Å². The molecule has 0 N–H and O–H groups in total. The Labute approximate surface area is 383 Å². The predicted molar refractivity (Wildman–Crippen MR) is 273 cm³/mol. The van der Waals surface area contributed by atoms with Crippen LogP contribution >= 0.6 is 0 Å². The molecular formula is C62H40N2O2. The van der Waals surface area contributed by atoms with Crippen molar-refractivity contribution in [2.45, 2.75) is 0 Å². The average Bonchev–Trinajstić information content (AvgIpc) is 3.39. The van der Waals surface area contributed by atoms with Gasteiger partial charge in [0.2, 0.25) is 0 Å². The molecule has 66 heavy (non-hydrogen) atoms. The number of hydrogen-bond acceptors (Lipinski definition) is 4. The van der Waals surface area contributed by atoms with Crippen LogP contribution in [-0.2, 0) is 0 Å². The van der Waals surface area contributed by atoms with Gasteiger partial charge in [0.25, 0.3) is 0 Å². The fourth-order valence-corrected chi connectivity index (χ4v) is 9.99. The lowest BCUT2D eigenvalue weighted by atomic mass is 9.85. The highest BCUT2D eigenvalue weighted by molar-refractivity contribution is 6.21. The Balaban J connectivity index is 0.847. The molecule has 4 heteroatoms. The molecule has 0 spiro atoms. The van der Waals surface area contributed by atoms with E-state index >= 15 is 0 Å². The number of benzene rings is 11. The maximum Gasteiger partial charge on any atom is 0.152 e. The second kappa shape index (κ2) is 15.4. The number of nitrogens with zero attached hydrogens (tertiary/aromatic N) is 2. The van der Waals surface area contributed by atoms with Crippen LogP contribution in [0.1, 0.15) is 0 Å². The molecule has 310 valence electrons. The predicted octanol–water partition coefficient (Wildman–Crippen LogP) is 17.8. The van der Waals surface area contributed by atoms with Gasteiger partial charge in [-0.1, -0.05) is 170 Å². The quantitative estimate of drug-likeness (QED) is 0.156. The van der Waals surface area contributed by atoms with Gasteiger partial charge < -0.3 is 19.3 Å². The zero-order valence-electron chi connectivity index (χ0n) is 35.8. The summed E-state index contributed by atoms with van der Waals surface area (Å²) in [6, 6.07) is 86.2. The van der Waals surface area contributed by atoms with Crippen molar-refractivity contribution in [3.8, 4) is 67.5 Å². The number of fused-ring (bicyclic) bond motifs is 6. The Bertz CT molecular complexity index is 3340. The van der Waals surface area contributed by atoms with Gasteiger partial charge in [-0.2, -0.15) is 0 Å². The van der Waals surface area contributed by atoms with Gasteiger partial charge in [0.1, 0.15) is 0 Å². The summed E-state index contributed by atoms with van der Waals surface area (Å²) in [4.78, 5) is 4.55. The van der Waals surface area contributed by atoms with Crippen LogP contribution in [0.15, 0.2) is 243 Å². The maximum atomic E-state index is 6.56. The van der Waals surface area contributed by atoms with Gasteiger partial charge in [0, 0.05) is 11.4 Å². The minimum atomic E-state index is 0.831. The molecule has 0 amide bonds. The van der Waals surface area contributed by atoms with Crippen LogP contribution in [0.5, 0.6) is 23.0 Å². The van der Waals surface area contributed by atoms with Crippen LogP contribution in [-0.4, -0.2) is 0 Å². The Morgan fingerprint density at radius 3 is 0.924 bits per heavy atom. The van der Waals surface area contributed by atoms with Crippen molar-refractivity contribution in [1.29, 1.82) is 0 Å². The van der Waals surface area contributed by atoms with Crippen molar-refractivity contribution in [3.05, 3.63) is 243 Å². The zero-order chi connectivity index (χ0) is 43.6. The fraction of sp³-hybridized carbons (Fsp3) is 0. The van der Waals surface area contributed by atoms with Crippen LogP contribution in [0.3, 0.4) is 0 Å². The molecule has 0 aliphatic carbocycles. The molecule has 0 radical (unpaired) electrons. The highest BCUT2D eigenvalue weighted by Gasteiger charge is 2.28. The largest absolute Gasteiger partial charge is 0.453 e. The number of ether oxygens (including phenoxy) is 2. The molecule has 0 unspecified atom stereocenters. The normalized spacial score (nSPS) is 12.4. The third-order valence-corrected chi connectivity index (χ3v) is 13.0. The highest BCUT2D eigenvalue weighted by Crippen LogP contribution is 2.53. The van der Waals surface area contributed by atoms with Crippen molar-refractivity contribution in [3.63, 3.8) is 0 Å². The van der Waals surface area contributed by atoms with Crippen molar-refractivity contribution in [2.24, 2.45) is 0 Å². The van der Waals surface area contributed by atoms with E-state index in [-0.39, 0.29) is 0 Å². The molecule has 2 heterocycles. The minimum absolute atomic E-state index is 0.831. The van der Waals surface area contributed by atoms with Crippen molar-refractivity contribution < 1.29 is 9.47 Å². The summed E-state index contributed by atoms with van der Waals surface area (Å²) >= 11 is 0. The summed E-state index contributed by atoms with van der Waals surface area (Å²) in [5.74, 6) is 3.34. The van der Waals surface area contributed by atoms with E-state index in [4.69, 9.17) is 9.47 Å². The van der Waals surface area contributed by atoms with Gasteiger partial charge in [0.15, 0.2) is 23.0 Å². The van der Waals surface area contributed by atoms with Crippen molar-refractivity contribution in [1.82, 2.24) is 0 Å². The van der Waals surface area contributed by atoms with Gasteiger partial charge in [-0.25, -0.2) is 0 Å². The summed E-state index contributed by atoms with van der Waals surface area (Å²) in [5, 5.41) is 4.89. The summed E-state index contributed by atoms with van der Waals surface area (Å²) in [5.41, 5.74) is 15.6. The third kappa shape index (κ3) is 6.22. The zero-order valence-corrected chi connectivity index (χ0v) is 35.8. The Kier molecular flexibility index (Phi) is 8.81. The topological polar surface area (TPSA) is 24.9 Å². The Morgan fingerprint density at radius 1 is 0.227 bits per heavy atom. The lowest BCUT2D eigenvalue weighted by Gasteiger charge is -2.33. The minimum Gasteiger partial charge on any atom is -0.453 e. The van der Waals surface area contributed by atoms with E-state index in [1.54, 1.807) is 0 Å². The second-order valence-electron chi connectivity index (χ2n) is 16.8. The molecule has 11 aromatic rings. The molecule has 11 aromatic carbocycles. The van der Waals surface area contributed by atoms with E-state index in [0.717, 1.165) is 79.4 Å². The molecule has 2 aliphatic heterocycles. The molecular weight excluding hydrogens is 805 g/mol. The summed E-state index contributed by atoms with van der Waals surface area (Å²) in [6.07, 6.45) is 0. The number of anilines is 6. The van der Waals surface area contributed by atoms with E-state index in [1.165, 1.54) is 43.8 Å². The molecule has 0 fully saturated rings. The van der Waals surface area contributed by atoms with E-state index in [9.17, 15) is 0 Å². The van der Waals surface area contributed by atoms with Crippen LogP contribution < -0.4 is 19.3 Å². The smallest absolute Gasteiger partial charge is 0.152 e. The molecule has 0 atom stereocenters. The van der Waals surface area contributed by atoms with E-state index in [0.29, 0.717) is 0 Å². The third-order valence-electron chi connectivity index (χ3n) is 13.0. The molecule has 0 bridgehead atoms. The maximum absolute atomic E-state index is 6.56. The van der Waals surface area contributed by atoms with Crippen LogP contribution in [0, 0.1) is 0 Å². The number of hydrogen-bond donors (Lipinski definition) is 0. The highest BCUT2D eigenvalue weighted by atomic mass is 16.5. The van der Waals surface area contributed by atoms with Gasteiger partial charge in [-0.15, -0.1) is 0 Å². The Morgan fingerprint density at radius 2 is 0.530 bits per heavy atom. The van der Waals surface area contributed by atoms with Crippen molar-refractivity contribution >= 4 is 55.7 Å². The molecule has 13 rings (SSSR count). The van der Waals surface area contributed by atoms with Gasteiger partial charge in [-0.3, -0.25) is 0 Å². The number of rotatable bonds is 6. The van der Waals surface area contributed by atoms with Crippen molar-refractivity contribution in [2.75, 3.05) is 9.80 Å². The lowest BCUT2D eigenvalue weighted by molar-refractivity contribution is 0.477. The molecule has 0 saturated heterocycles. The van der Waals surface area contributed by atoms with Crippen LogP contribution in [0.25, 0.3) is 66.1 Å². The standard InChI is InChI=1S/C62H40N2O2/c1-3-15-47(16-4-1)63-53-23-11-13-25-57(53)65-59-39-45(35-37-55(59)63)41-27-31-43(32-28-41)61-49-19-7-9-21-51(49)62(52-22-10-8-20-50(52)61)44-33-29-42(30-34-44)46-36-38-56-60(40-46)66-58-26-14-12-24-54(58)64(56)48-17-5-2-6-18-48/h1-40H. The van der Waals surface area contributed by atoms with Gasteiger partial charge in [-0.05, 0) is 139 Å². The monoisotopic (exact) mass is 844 g/mol.